The van der Waals surface area contributed by atoms with E-state index in [0.717, 1.165) is 16.8 Å². The molecule has 0 unspecified atom stereocenters. The van der Waals surface area contributed by atoms with Crippen molar-refractivity contribution >= 4 is 81.4 Å². The van der Waals surface area contributed by atoms with Crippen LogP contribution in [-0.2, 0) is 0 Å². The number of alkyl halides is 3. The Kier molecular flexibility index (Phi) is 22.1. The second-order valence-electron chi connectivity index (χ2n) is 7.43. The van der Waals surface area contributed by atoms with E-state index >= 15 is 0 Å². The first-order chi connectivity index (χ1) is 19.7. The number of rotatable bonds is 4. The van der Waals surface area contributed by atoms with Gasteiger partial charge in [0.15, 0.2) is 4.30 Å². The number of hydrogen-bond donors (Lipinski definition) is 3. The molecule has 0 spiro atoms. The zero-order valence-corrected chi connectivity index (χ0v) is 27.7. The first-order valence-corrected chi connectivity index (χ1v) is 18.7. The molecular formula is C29H27Cl3N4O3Se2. The molecule has 0 aromatic heterocycles. The Morgan fingerprint density at radius 2 is 1.12 bits per heavy atom. The quantitative estimate of drug-likeness (QED) is 0.0532. The van der Waals surface area contributed by atoms with Crippen molar-refractivity contribution in [2.45, 2.75) is 18.1 Å². The van der Waals surface area contributed by atoms with Gasteiger partial charge in [-0.25, -0.2) is 0 Å². The standard InChI is InChI=1S/C12H10Se2.C8H6N2O.C8H8N2.CHCl3.H2O2/c1-3-7-11(8-4-1)13-14-12-9-5-2-6-10-12;1-6-4-7(5-9)2-3-8(6)10-11;1-6-4-7(5-9)2-3-8(6)10;2-1(3)4;1-2/h1-10H;2-4H,1H3;2-4H,10H2,1H3;1H;1-2H. The van der Waals surface area contributed by atoms with Crippen molar-refractivity contribution < 1.29 is 10.5 Å². The minimum absolute atomic E-state index is 0.393. The molecule has 4 aromatic carbocycles. The molecule has 0 radical (unpaired) electrons. The molecule has 0 aliphatic carbocycles. The first-order valence-electron chi connectivity index (χ1n) is 11.4. The van der Waals surface area contributed by atoms with E-state index in [-0.39, 0.29) is 0 Å². The van der Waals surface area contributed by atoms with Crippen LogP contribution in [-0.4, -0.2) is 41.1 Å². The van der Waals surface area contributed by atoms with E-state index in [2.05, 4.69) is 65.8 Å². The molecule has 0 fully saturated rings. The number of benzene rings is 4. The Balaban J connectivity index is 0.000000541. The van der Waals surface area contributed by atoms with Gasteiger partial charge in [-0.3, -0.25) is 10.5 Å². The molecule has 214 valence electrons. The zero-order valence-electron chi connectivity index (χ0n) is 22.0. The maximum atomic E-state index is 10.1. The van der Waals surface area contributed by atoms with Crippen molar-refractivity contribution in [1.82, 2.24) is 0 Å². The molecular weight excluding hydrogens is 717 g/mol. The summed E-state index contributed by atoms with van der Waals surface area (Å²) in [6.45, 7) is 3.63. The van der Waals surface area contributed by atoms with Crippen LogP contribution >= 0.6 is 34.8 Å². The van der Waals surface area contributed by atoms with Gasteiger partial charge in [0.1, 0.15) is 5.69 Å². The van der Waals surface area contributed by atoms with Crippen LogP contribution in [0.1, 0.15) is 22.3 Å². The van der Waals surface area contributed by atoms with Gasteiger partial charge in [-0.05, 0) is 66.5 Å². The molecule has 0 heterocycles. The first kappa shape index (κ1) is 38.1. The van der Waals surface area contributed by atoms with Crippen LogP contribution in [0.25, 0.3) is 0 Å². The summed E-state index contributed by atoms with van der Waals surface area (Å²) in [5.74, 6) is 0. The monoisotopic (exact) mass is 744 g/mol. The molecule has 7 nitrogen and oxygen atoms in total. The van der Waals surface area contributed by atoms with E-state index < -0.39 is 4.30 Å². The van der Waals surface area contributed by atoms with Gasteiger partial charge in [-0.15, -0.1) is 4.91 Å². The predicted octanol–water partition coefficient (Wildman–Crippen LogP) is 6.68. The van der Waals surface area contributed by atoms with Crippen molar-refractivity contribution in [2.24, 2.45) is 5.18 Å². The number of nitrogen functional groups attached to an aromatic ring is 1. The van der Waals surface area contributed by atoms with E-state index in [1.165, 1.54) is 8.92 Å². The summed E-state index contributed by atoms with van der Waals surface area (Å²) in [7, 11) is 0. The Morgan fingerprint density at radius 1 is 0.732 bits per heavy atom. The second-order valence-corrected chi connectivity index (χ2v) is 15.7. The number of nitriles is 2. The Morgan fingerprint density at radius 3 is 1.46 bits per heavy atom. The minimum atomic E-state index is -0.750. The van der Waals surface area contributed by atoms with Crippen molar-refractivity contribution in [3.05, 3.63) is 124 Å². The average Bonchev–Trinajstić information content (AvgIpc) is 3.00. The molecule has 0 amide bonds. The summed E-state index contributed by atoms with van der Waals surface area (Å²) >= 11 is 15.7. The number of hydrogen-bond acceptors (Lipinski definition) is 7. The molecule has 0 saturated carbocycles. The van der Waals surface area contributed by atoms with Crippen LogP contribution in [0.3, 0.4) is 0 Å². The summed E-state index contributed by atoms with van der Waals surface area (Å²) in [4.78, 5) is 10.1. The Bertz CT molecular complexity index is 1340. The van der Waals surface area contributed by atoms with Crippen LogP contribution < -0.4 is 14.7 Å². The third-order valence-corrected chi connectivity index (χ3v) is 11.8. The molecule has 12 heteroatoms. The number of nitrogens with two attached hydrogens (primary N) is 1. The fraction of sp³-hybridized carbons (Fsp3) is 0.103. The average molecular weight is 744 g/mol. The molecule has 4 rings (SSSR count). The van der Waals surface area contributed by atoms with Gasteiger partial charge in [0.2, 0.25) is 0 Å². The molecule has 4 aromatic rings. The van der Waals surface area contributed by atoms with Crippen molar-refractivity contribution in [1.29, 1.82) is 10.5 Å². The Labute approximate surface area is 266 Å². The third-order valence-electron chi connectivity index (χ3n) is 4.54. The number of anilines is 1. The molecule has 0 atom stereocenters. The van der Waals surface area contributed by atoms with Gasteiger partial charge in [0.25, 0.3) is 0 Å². The molecule has 0 bridgehead atoms. The normalized spacial score (nSPS) is 8.93. The number of nitroso groups, excluding NO2 is 1. The van der Waals surface area contributed by atoms with E-state index in [4.69, 9.17) is 61.6 Å². The number of halogens is 3. The summed E-state index contributed by atoms with van der Waals surface area (Å²) in [6, 6.07) is 35.6. The Hall–Kier alpha value is -2.91. The van der Waals surface area contributed by atoms with E-state index in [0.29, 0.717) is 43.1 Å². The van der Waals surface area contributed by atoms with Gasteiger partial charge in [0, 0.05) is 5.69 Å². The molecule has 41 heavy (non-hydrogen) atoms. The SMILES string of the molecule is Cc1cc(C#N)ccc1N.Cc1cc(C#N)ccc1N=O.ClC(Cl)Cl.OO.c1ccc([Se][Se]c2ccccc2)cc1. The molecule has 0 saturated heterocycles. The van der Waals surface area contributed by atoms with Gasteiger partial charge in [0.05, 0.1) is 23.3 Å². The van der Waals surface area contributed by atoms with Crippen LogP contribution in [0.2, 0.25) is 0 Å². The second kappa shape index (κ2) is 23.8. The van der Waals surface area contributed by atoms with Crippen molar-refractivity contribution in [3.8, 4) is 12.1 Å². The van der Waals surface area contributed by atoms with Crippen LogP contribution in [0.5, 0.6) is 0 Å². The van der Waals surface area contributed by atoms with Gasteiger partial charge >= 0.3 is 95.9 Å². The van der Waals surface area contributed by atoms with E-state index in [9.17, 15) is 4.91 Å². The topological polar surface area (TPSA) is 143 Å². The zero-order chi connectivity index (χ0) is 31.0. The molecule has 4 N–H and O–H groups in total. The molecule has 0 aliphatic rings. The van der Waals surface area contributed by atoms with Crippen molar-refractivity contribution in [3.63, 3.8) is 0 Å². The molecule has 0 aliphatic heterocycles. The number of nitrogens with zero attached hydrogens (tertiary/aromatic N) is 3. The van der Waals surface area contributed by atoms with Gasteiger partial charge < -0.3 is 5.73 Å². The van der Waals surface area contributed by atoms with Crippen LogP contribution in [0.15, 0.2) is 102 Å². The maximum absolute atomic E-state index is 10.1. The van der Waals surface area contributed by atoms with Crippen molar-refractivity contribution in [2.75, 3.05) is 5.73 Å². The fourth-order valence-electron chi connectivity index (χ4n) is 2.62. The summed E-state index contributed by atoms with van der Waals surface area (Å²) in [5, 5.41) is 31.7. The van der Waals surface area contributed by atoms with Gasteiger partial charge in [-0.1, -0.05) is 34.8 Å². The van der Waals surface area contributed by atoms with E-state index in [1.54, 1.807) is 43.3 Å². The predicted molar refractivity (Wildman–Crippen MR) is 172 cm³/mol. The van der Waals surface area contributed by atoms with Crippen LogP contribution in [0.4, 0.5) is 11.4 Å². The van der Waals surface area contributed by atoms with Crippen LogP contribution in [0, 0.1) is 41.4 Å². The number of aryl methyl sites for hydroxylation is 2. The fourth-order valence-corrected chi connectivity index (χ4v) is 8.67. The summed E-state index contributed by atoms with van der Waals surface area (Å²) < 4.78 is 2.26. The summed E-state index contributed by atoms with van der Waals surface area (Å²) in [6.07, 6.45) is 0. The van der Waals surface area contributed by atoms with Gasteiger partial charge in [-0.2, -0.15) is 10.5 Å². The van der Waals surface area contributed by atoms with E-state index in [1.807, 2.05) is 19.1 Å². The third kappa shape index (κ3) is 18.2. The summed E-state index contributed by atoms with van der Waals surface area (Å²) in [5.41, 5.74) is 9.56.